The van der Waals surface area contributed by atoms with Crippen LogP contribution in [0.25, 0.3) is 11.7 Å². The van der Waals surface area contributed by atoms with Crippen LogP contribution in [0.4, 0.5) is 0 Å². The molecule has 0 aliphatic rings. The van der Waals surface area contributed by atoms with E-state index in [1.54, 1.807) is 13.2 Å². The summed E-state index contributed by atoms with van der Waals surface area (Å²) in [5.41, 5.74) is 3.59. The molecule has 6 nitrogen and oxygen atoms in total. The van der Waals surface area contributed by atoms with Crippen LogP contribution in [0.15, 0.2) is 47.2 Å². The van der Waals surface area contributed by atoms with Crippen LogP contribution in [-0.4, -0.2) is 29.0 Å². The average Bonchev–Trinajstić information content (AvgIpc) is 3.09. The van der Waals surface area contributed by atoms with Gasteiger partial charge in [0, 0.05) is 22.9 Å². The fraction of sp³-hybridized carbons (Fsp3) is 0.238. The molecule has 0 bridgehead atoms. The van der Waals surface area contributed by atoms with Gasteiger partial charge in [0.05, 0.1) is 26.0 Å². The molecule has 146 valence electrons. The minimum atomic E-state index is -0.192. The van der Waals surface area contributed by atoms with Crippen LogP contribution >= 0.6 is 15.9 Å². The van der Waals surface area contributed by atoms with Crippen molar-refractivity contribution in [2.24, 2.45) is 0 Å². The summed E-state index contributed by atoms with van der Waals surface area (Å²) in [5, 5.41) is 2.86. The molecular formula is C21H22BrN3O3. The van der Waals surface area contributed by atoms with E-state index in [9.17, 15) is 4.79 Å². The number of nitrogens with zero attached hydrogens (tertiary/aromatic N) is 2. The first-order chi connectivity index (χ1) is 13.5. The normalized spacial score (nSPS) is 11.1. The minimum absolute atomic E-state index is 0.192. The van der Waals surface area contributed by atoms with Gasteiger partial charge in [-0.1, -0.05) is 6.07 Å². The molecule has 1 aromatic carbocycles. The number of hydrogen-bond acceptors (Lipinski definition) is 4. The van der Waals surface area contributed by atoms with Crippen LogP contribution in [0.5, 0.6) is 11.5 Å². The summed E-state index contributed by atoms with van der Waals surface area (Å²) < 4.78 is 13.8. The van der Waals surface area contributed by atoms with Crippen LogP contribution in [0.2, 0.25) is 0 Å². The highest BCUT2D eigenvalue weighted by molar-refractivity contribution is 9.10. The Labute approximate surface area is 172 Å². The van der Waals surface area contributed by atoms with Crippen molar-refractivity contribution in [3.8, 4) is 11.5 Å². The van der Waals surface area contributed by atoms with Gasteiger partial charge in [-0.2, -0.15) is 0 Å². The number of amides is 1. The zero-order valence-electron chi connectivity index (χ0n) is 16.0. The van der Waals surface area contributed by atoms with Gasteiger partial charge in [0.1, 0.15) is 5.65 Å². The minimum Gasteiger partial charge on any atom is -0.493 e. The predicted molar refractivity (Wildman–Crippen MR) is 113 cm³/mol. The number of ether oxygens (including phenoxy) is 2. The largest absolute Gasteiger partial charge is 0.493 e. The Kier molecular flexibility index (Phi) is 6.36. The van der Waals surface area contributed by atoms with Gasteiger partial charge in [0.2, 0.25) is 5.91 Å². The van der Waals surface area contributed by atoms with E-state index in [0.29, 0.717) is 24.7 Å². The van der Waals surface area contributed by atoms with Crippen molar-refractivity contribution in [3.63, 3.8) is 0 Å². The van der Waals surface area contributed by atoms with Gasteiger partial charge in [-0.25, -0.2) is 4.98 Å². The number of hydrogen-bond donors (Lipinski definition) is 1. The SMILES string of the molecule is CCOc1ccc(/C=C/C(=O)NCc2cn3cc(Br)cc(C)c3n2)cc1OC. The number of benzene rings is 1. The Hall–Kier alpha value is -2.80. The van der Waals surface area contributed by atoms with Gasteiger partial charge in [-0.15, -0.1) is 0 Å². The second kappa shape index (κ2) is 8.93. The standard InChI is InChI=1S/C21H22BrN3O3/c1-4-28-18-7-5-15(10-19(18)27-3)6-8-20(26)23-11-17-13-25-12-16(22)9-14(2)21(25)24-17/h5-10,12-13H,4,11H2,1-3H3,(H,23,26)/b8-6+. The number of nitrogens with one attached hydrogen (secondary N) is 1. The third kappa shape index (κ3) is 4.72. The molecule has 0 saturated heterocycles. The van der Waals surface area contributed by atoms with Crippen molar-refractivity contribution in [1.82, 2.24) is 14.7 Å². The molecular weight excluding hydrogens is 422 g/mol. The van der Waals surface area contributed by atoms with E-state index in [1.165, 1.54) is 6.08 Å². The zero-order chi connectivity index (χ0) is 20.1. The molecule has 0 fully saturated rings. The molecule has 2 aromatic heterocycles. The van der Waals surface area contributed by atoms with Gasteiger partial charge in [0.15, 0.2) is 11.5 Å². The predicted octanol–water partition coefficient (Wildman–Crippen LogP) is 4.14. The molecule has 3 aromatic rings. The maximum absolute atomic E-state index is 12.2. The number of methoxy groups -OCH3 is 1. The highest BCUT2D eigenvalue weighted by atomic mass is 79.9. The number of aryl methyl sites for hydroxylation is 1. The smallest absolute Gasteiger partial charge is 0.244 e. The molecule has 0 aliphatic carbocycles. The van der Waals surface area contributed by atoms with Gasteiger partial charge in [-0.05, 0) is 65.2 Å². The number of carbonyl (C=O) groups excluding carboxylic acids is 1. The van der Waals surface area contributed by atoms with E-state index in [0.717, 1.165) is 26.9 Å². The lowest BCUT2D eigenvalue weighted by molar-refractivity contribution is -0.116. The lowest BCUT2D eigenvalue weighted by Crippen LogP contribution is -2.20. The number of aromatic nitrogens is 2. The van der Waals surface area contributed by atoms with E-state index < -0.39 is 0 Å². The Morgan fingerprint density at radius 1 is 1.29 bits per heavy atom. The molecule has 0 spiro atoms. The van der Waals surface area contributed by atoms with Crippen molar-refractivity contribution >= 4 is 33.6 Å². The molecule has 0 saturated carbocycles. The van der Waals surface area contributed by atoms with Crippen LogP contribution in [0.1, 0.15) is 23.7 Å². The Balaban J connectivity index is 1.63. The first-order valence-corrected chi connectivity index (χ1v) is 9.70. The van der Waals surface area contributed by atoms with E-state index in [-0.39, 0.29) is 5.91 Å². The number of carbonyl (C=O) groups is 1. The van der Waals surface area contributed by atoms with E-state index in [1.807, 2.05) is 54.9 Å². The highest BCUT2D eigenvalue weighted by Gasteiger charge is 2.07. The number of fused-ring (bicyclic) bond motifs is 1. The maximum atomic E-state index is 12.2. The molecule has 0 aliphatic heterocycles. The van der Waals surface area contributed by atoms with Crippen LogP contribution in [0, 0.1) is 6.92 Å². The Morgan fingerprint density at radius 3 is 2.86 bits per heavy atom. The topological polar surface area (TPSA) is 64.9 Å². The van der Waals surface area contributed by atoms with Gasteiger partial charge >= 0.3 is 0 Å². The first kappa shape index (κ1) is 19.9. The van der Waals surface area contributed by atoms with Crippen LogP contribution in [-0.2, 0) is 11.3 Å². The summed E-state index contributed by atoms with van der Waals surface area (Å²) in [5.74, 6) is 1.12. The lowest BCUT2D eigenvalue weighted by atomic mass is 10.2. The second-order valence-corrected chi connectivity index (χ2v) is 7.11. The fourth-order valence-electron chi connectivity index (χ4n) is 2.83. The van der Waals surface area contributed by atoms with Crippen molar-refractivity contribution in [2.45, 2.75) is 20.4 Å². The molecule has 7 heteroatoms. The van der Waals surface area contributed by atoms with E-state index in [2.05, 4.69) is 26.2 Å². The second-order valence-electron chi connectivity index (χ2n) is 6.20. The van der Waals surface area contributed by atoms with Crippen molar-refractivity contribution in [2.75, 3.05) is 13.7 Å². The van der Waals surface area contributed by atoms with Crippen molar-refractivity contribution in [3.05, 3.63) is 64.0 Å². The summed E-state index contributed by atoms with van der Waals surface area (Å²) in [4.78, 5) is 16.7. The molecule has 3 rings (SSSR count). The molecule has 1 N–H and O–H groups in total. The van der Waals surface area contributed by atoms with Crippen molar-refractivity contribution in [1.29, 1.82) is 0 Å². The molecule has 28 heavy (non-hydrogen) atoms. The number of halogens is 1. The molecule has 0 atom stereocenters. The lowest BCUT2D eigenvalue weighted by Gasteiger charge is -2.09. The van der Waals surface area contributed by atoms with Gasteiger partial charge in [0.25, 0.3) is 0 Å². The Bertz CT molecular complexity index is 1030. The van der Waals surface area contributed by atoms with Crippen molar-refractivity contribution < 1.29 is 14.3 Å². The van der Waals surface area contributed by atoms with E-state index in [4.69, 9.17) is 9.47 Å². The first-order valence-electron chi connectivity index (χ1n) is 8.90. The summed E-state index contributed by atoms with van der Waals surface area (Å²) in [7, 11) is 1.59. The van der Waals surface area contributed by atoms with E-state index >= 15 is 0 Å². The third-order valence-electron chi connectivity index (χ3n) is 4.11. The summed E-state index contributed by atoms with van der Waals surface area (Å²) in [6.45, 7) is 4.84. The number of pyridine rings is 1. The molecule has 0 radical (unpaired) electrons. The van der Waals surface area contributed by atoms with Crippen LogP contribution < -0.4 is 14.8 Å². The summed E-state index contributed by atoms with van der Waals surface area (Å²) in [6, 6.07) is 7.55. The monoisotopic (exact) mass is 443 g/mol. The Morgan fingerprint density at radius 2 is 2.11 bits per heavy atom. The van der Waals surface area contributed by atoms with Gasteiger partial charge in [-0.3, -0.25) is 4.79 Å². The zero-order valence-corrected chi connectivity index (χ0v) is 17.6. The highest BCUT2D eigenvalue weighted by Crippen LogP contribution is 2.28. The quantitative estimate of drug-likeness (QED) is 0.557. The fourth-order valence-corrected chi connectivity index (χ4v) is 3.40. The number of rotatable bonds is 7. The average molecular weight is 444 g/mol. The number of imidazole rings is 1. The molecule has 1 amide bonds. The third-order valence-corrected chi connectivity index (χ3v) is 4.54. The molecule has 0 unspecified atom stereocenters. The molecule has 2 heterocycles. The maximum Gasteiger partial charge on any atom is 0.244 e. The van der Waals surface area contributed by atoms with Crippen LogP contribution in [0.3, 0.4) is 0 Å². The summed E-state index contributed by atoms with van der Waals surface area (Å²) in [6.07, 6.45) is 7.08. The van der Waals surface area contributed by atoms with Gasteiger partial charge < -0.3 is 19.2 Å². The summed E-state index contributed by atoms with van der Waals surface area (Å²) >= 11 is 3.48.